The van der Waals surface area contributed by atoms with Crippen LogP contribution >= 0.6 is 0 Å². The van der Waals surface area contributed by atoms with Crippen LogP contribution < -0.4 is 11.3 Å². The largest absolute Gasteiger partial charge is 0.271 e. The first kappa shape index (κ1) is 12.7. The molecule has 3 N–H and O–H groups in total. The zero-order valence-electron chi connectivity index (χ0n) is 10.7. The summed E-state index contributed by atoms with van der Waals surface area (Å²) in [5, 5.41) is 8.01. The number of aromatic nitrogens is 4. The summed E-state index contributed by atoms with van der Waals surface area (Å²) in [6, 6.07) is 2.03. The highest BCUT2D eigenvalue weighted by Crippen LogP contribution is 2.20. The van der Waals surface area contributed by atoms with Gasteiger partial charge >= 0.3 is 0 Å². The van der Waals surface area contributed by atoms with Crippen molar-refractivity contribution in [3.63, 3.8) is 0 Å². The van der Waals surface area contributed by atoms with Gasteiger partial charge in [0.1, 0.15) is 0 Å². The van der Waals surface area contributed by atoms with Gasteiger partial charge in [0.2, 0.25) is 0 Å². The van der Waals surface area contributed by atoms with E-state index in [4.69, 9.17) is 5.84 Å². The van der Waals surface area contributed by atoms with E-state index in [1.165, 1.54) is 11.1 Å². The first-order valence-electron chi connectivity index (χ1n) is 5.98. The molecule has 18 heavy (non-hydrogen) atoms. The molecule has 0 bridgehead atoms. The van der Waals surface area contributed by atoms with Crippen molar-refractivity contribution in [2.75, 3.05) is 0 Å². The second kappa shape index (κ2) is 5.70. The molecule has 2 aromatic heterocycles. The third-order valence-electron chi connectivity index (χ3n) is 2.96. The molecule has 2 aromatic rings. The Balaban J connectivity index is 2.22. The van der Waals surface area contributed by atoms with Crippen LogP contribution in [-0.4, -0.2) is 20.0 Å². The monoisotopic (exact) mass is 246 g/mol. The minimum atomic E-state index is 0.0275. The highest BCUT2D eigenvalue weighted by molar-refractivity contribution is 5.27. The molecule has 2 heterocycles. The van der Waals surface area contributed by atoms with Crippen LogP contribution in [0.25, 0.3) is 0 Å². The number of aryl methyl sites for hydroxylation is 2. The number of rotatable bonds is 5. The molecular weight excluding hydrogens is 228 g/mol. The number of hydrogen-bond acceptors (Lipinski definition) is 5. The van der Waals surface area contributed by atoms with Crippen molar-refractivity contribution in [2.45, 2.75) is 25.8 Å². The molecule has 0 aromatic carbocycles. The zero-order chi connectivity index (χ0) is 13.0. The van der Waals surface area contributed by atoms with E-state index in [0.29, 0.717) is 6.42 Å². The van der Waals surface area contributed by atoms with Gasteiger partial charge in [-0.15, -0.1) is 5.10 Å². The van der Waals surface area contributed by atoms with Gasteiger partial charge in [-0.1, -0.05) is 12.1 Å². The van der Waals surface area contributed by atoms with Gasteiger partial charge in [0.05, 0.1) is 11.7 Å². The van der Waals surface area contributed by atoms with Crippen LogP contribution in [0.3, 0.4) is 0 Å². The van der Waals surface area contributed by atoms with Gasteiger partial charge in [-0.2, -0.15) is 0 Å². The van der Waals surface area contributed by atoms with Gasteiger partial charge in [-0.05, 0) is 23.6 Å². The molecule has 0 aliphatic rings. The van der Waals surface area contributed by atoms with Crippen LogP contribution in [0.2, 0.25) is 0 Å². The summed E-state index contributed by atoms with van der Waals surface area (Å²) in [6.07, 6.45) is 7.21. The summed E-state index contributed by atoms with van der Waals surface area (Å²) in [5.41, 5.74) is 6.13. The molecule has 0 saturated heterocycles. The summed E-state index contributed by atoms with van der Waals surface area (Å²) in [6.45, 7) is 2.11. The normalized spacial score (nSPS) is 12.6. The van der Waals surface area contributed by atoms with E-state index in [2.05, 4.69) is 27.6 Å². The van der Waals surface area contributed by atoms with Crippen LogP contribution in [0, 0.1) is 0 Å². The van der Waals surface area contributed by atoms with Gasteiger partial charge in [-0.3, -0.25) is 20.9 Å². The first-order chi connectivity index (χ1) is 8.74. The predicted molar refractivity (Wildman–Crippen MR) is 68.4 cm³/mol. The zero-order valence-corrected chi connectivity index (χ0v) is 10.7. The Bertz CT molecular complexity index is 507. The fraction of sp³-hybridized carbons (Fsp3) is 0.417. The van der Waals surface area contributed by atoms with Gasteiger partial charge < -0.3 is 0 Å². The lowest BCUT2D eigenvalue weighted by Crippen LogP contribution is -2.30. The van der Waals surface area contributed by atoms with Crippen LogP contribution in [0.1, 0.15) is 29.8 Å². The molecule has 0 fully saturated rings. The average Bonchev–Trinajstić information content (AvgIpc) is 2.81. The topological polar surface area (TPSA) is 81.7 Å². The molecule has 0 aliphatic heterocycles. The highest BCUT2D eigenvalue weighted by Gasteiger charge is 2.15. The van der Waals surface area contributed by atoms with E-state index in [1.54, 1.807) is 10.9 Å². The van der Waals surface area contributed by atoms with Crippen molar-refractivity contribution in [3.05, 3.63) is 41.5 Å². The number of hydrogen-bond donors (Lipinski definition) is 2. The summed E-state index contributed by atoms with van der Waals surface area (Å²) in [7, 11) is 1.85. The van der Waals surface area contributed by atoms with Crippen molar-refractivity contribution in [3.8, 4) is 0 Å². The molecule has 2 rings (SSSR count). The molecule has 1 unspecified atom stereocenters. The van der Waals surface area contributed by atoms with E-state index >= 15 is 0 Å². The summed E-state index contributed by atoms with van der Waals surface area (Å²) < 4.78 is 1.69. The maximum Gasteiger partial charge on any atom is 0.0846 e. The Morgan fingerprint density at radius 3 is 2.94 bits per heavy atom. The van der Waals surface area contributed by atoms with E-state index in [9.17, 15) is 0 Å². The van der Waals surface area contributed by atoms with E-state index in [1.807, 2.05) is 25.5 Å². The van der Waals surface area contributed by atoms with Crippen molar-refractivity contribution >= 4 is 0 Å². The van der Waals surface area contributed by atoms with Crippen LogP contribution in [0.4, 0.5) is 0 Å². The van der Waals surface area contributed by atoms with Crippen LogP contribution in [0.5, 0.6) is 0 Å². The lowest BCUT2D eigenvalue weighted by Gasteiger charge is -2.17. The maximum atomic E-state index is 5.66. The minimum Gasteiger partial charge on any atom is -0.271 e. The molecular formula is C12H18N6. The fourth-order valence-electron chi connectivity index (χ4n) is 2.03. The van der Waals surface area contributed by atoms with Crippen LogP contribution in [-0.2, 0) is 19.9 Å². The molecule has 0 amide bonds. The summed E-state index contributed by atoms with van der Waals surface area (Å²) in [4.78, 5) is 4.14. The summed E-state index contributed by atoms with van der Waals surface area (Å²) >= 11 is 0. The van der Waals surface area contributed by atoms with E-state index in [0.717, 1.165) is 12.1 Å². The van der Waals surface area contributed by atoms with Gasteiger partial charge in [-0.25, -0.2) is 0 Å². The smallest absolute Gasteiger partial charge is 0.0846 e. The van der Waals surface area contributed by atoms with Crippen LogP contribution in [0.15, 0.2) is 24.7 Å². The second-order valence-corrected chi connectivity index (χ2v) is 4.23. The molecule has 0 saturated carbocycles. The third kappa shape index (κ3) is 2.72. The predicted octanol–water partition coefficient (Wildman–Crippen LogP) is 0.520. The minimum absolute atomic E-state index is 0.0275. The lowest BCUT2D eigenvalue weighted by molar-refractivity contribution is 0.540. The van der Waals surface area contributed by atoms with Gasteiger partial charge in [0.15, 0.2) is 0 Å². The fourth-order valence-corrected chi connectivity index (χ4v) is 2.03. The highest BCUT2D eigenvalue weighted by atomic mass is 15.4. The first-order valence-corrected chi connectivity index (χ1v) is 5.98. The lowest BCUT2D eigenvalue weighted by atomic mass is 9.98. The number of pyridine rings is 1. The third-order valence-corrected chi connectivity index (χ3v) is 2.96. The average molecular weight is 246 g/mol. The molecule has 0 spiro atoms. The van der Waals surface area contributed by atoms with Crippen molar-refractivity contribution in [1.82, 2.24) is 25.4 Å². The summed E-state index contributed by atoms with van der Waals surface area (Å²) in [5.74, 6) is 5.66. The quantitative estimate of drug-likeness (QED) is 0.593. The Morgan fingerprint density at radius 1 is 1.50 bits per heavy atom. The number of hydrazine groups is 1. The molecule has 6 heteroatoms. The Morgan fingerprint density at radius 2 is 2.33 bits per heavy atom. The molecule has 0 aliphatic carbocycles. The van der Waals surface area contributed by atoms with E-state index < -0.39 is 0 Å². The van der Waals surface area contributed by atoms with Gasteiger partial charge in [0.25, 0.3) is 0 Å². The van der Waals surface area contributed by atoms with Crippen molar-refractivity contribution < 1.29 is 0 Å². The molecule has 1 atom stereocenters. The van der Waals surface area contributed by atoms with Crippen molar-refractivity contribution in [2.24, 2.45) is 12.9 Å². The molecule has 96 valence electrons. The number of nitrogens with one attached hydrogen (secondary N) is 1. The standard InChI is InChI=1S/C12H18N6/c1-3-9-7-14-5-4-11(9)12(15-13)6-10-8-18(2)17-16-10/h4-5,7-8,12,15H,3,6,13H2,1-2H3. The Kier molecular flexibility index (Phi) is 4.01. The Hall–Kier alpha value is -1.79. The number of nitrogens with zero attached hydrogens (tertiary/aromatic N) is 4. The molecule has 0 radical (unpaired) electrons. The number of nitrogens with two attached hydrogens (primary N) is 1. The SMILES string of the molecule is CCc1cnccc1C(Cc1cn(C)nn1)NN. The van der Waals surface area contributed by atoms with E-state index in [-0.39, 0.29) is 6.04 Å². The van der Waals surface area contributed by atoms with Gasteiger partial charge in [0, 0.05) is 32.1 Å². The second-order valence-electron chi connectivity index (χ2n) is 4.23. The Labute approximate surface area is 106 Å². The molecule has 6 nitrogen and oxygen atoms in total. The maximum absolute atomic E-state index is 5.66. The van der Waals surface area contributed by atoms with Crippen molar-refractivity contribution in [1.29, 1.82) is 0 Å².